The highest BCUT2D eigenvalue weighted by Crippen LogP contribution is 2.45. The van der Waals surface area contributed by atoms with Crippen molar-refractivity contribution in [2.24, 2.45) is 28.0 Å². The van der Waals surface area contributed by atoms with Gasteiger partial charge in [0.05, 0.1) is 29.5 Å². The van der Waals surface area contributed by atoms with Gasteiger partial charge in [0, 0.05) is 24.4 Å². The van der Waals surface area contributed by atoms with Crippen LogP contribution in [0.4, 0.5) is 0 Å². The maximum Gasteiger partial charge on any atom is 0.268 e. The Morgan fingerprint density at radius 3 is 2.43 bits per heavy atom. The largest absolute Gasteiger partial charge is 0.393 e. The molecule has 174 valence electrons. The van der Waals surface area contributed by atoms with Crippen LogP contribution < -0.4 is 0 Å². The average Bonchev–Trinajstić information content (AvgIpc) is 2.69. The first-order valence-electron chi connectivity index (χ1n) is 10.4. The number of aliphatic hydroxyl groups is 1. The Labute approximate surface area is 181 Å². The Hall–Kier alpha value is -0.340. The fourth-order valence-electron chi connectivity index (χ4n) is 5.44. The summed E-state index contributed by atoms with van der Waals surface area (Å²) in [5.41, 5.74) is 0. The molecule has 0 aromatic heterocycles. The SMILES string of the molecule is COC1CC(S(=O)(=O)O)C(C)CC1N=NC1CC(SOOO)CC2CCC(O)CC21. The lowest BCUT2D eigenvalue weighted by Crippen LogP contribution is -2.45. The molecule has 12 heteroatoms. The highest BCUT2D eigenvalue weighted by Gasteiger charge is 2.44. The standard InChI is InChI=1S/C18H32N2O8S2/c1-10-5-16(17(26-2)9-18(10)30(23,24)25)20-19-15-8-13(29-28-27-22)6-11-3-4-12(21)7-14(11)15/h10-18,21-22H,3-9H2,1-2H3,(H,23,24,25). The summed E-state index contributed by atoms with van der Waals surface area (Å²) in [6, 6.07) is -0.398. The molecule has 3 rings (SSSR count). The number of fused-ring (bicyclic) bond motifs is 1. The fraction of sp³-hybridized carbons (Fsp3) is 1.00. The molecule has 0 bridgehead atoms. The molecule has 0 aromatic carbocycles. The second kappa shape index (κ2) is 10.5. The normalized spacial score (nSPS) is 42.9. The Morgan fingerprint density at radius 1 is 1.03 bits per heavy atom. The van der Waals surface area contributed by atoms with Crippen molar-refractivity contribution >= 4 is 22.2 Å². The van der Waals surface area contributed by atoms with E-state index in [2.05, 4.69) is 19.6 Å². The number of ether oxygens (including phenoxy) is 1. The van der Waals surface area contributed by atoms with Gasteiger partial charge in [0.15, 0.2) is 0 Å². The van der Waals surface area contributed by atoms with Crippen LogP contribution in [0.15, 0.2) is 10.2 Å². The number of nitrogens with zero attached hydrogens (tertiary/aromatic N) is 2. The quantitative estimate of drug-likeness (QED) is 0.169. The second-order valence-electron chi connectivity index (χ2n) is 8.86. The maximum absolute atomic E-state index is 11.7. The predicted octanol–water partition coefficient (Wildman–Crippen LogP) is 2.89. The van der Waals surface area contributed by atoms with E-state index in [1.54, 1.807) is 6.92 Å². The van der Waals surface area contributed by atoms with Crippen LogP contribution >= 0.6 is 12.0 Å². The summed E-state index contributed by atoms with van der Waals surface area (Å²) in [7, 11) is -2.63. The van der Waals surface area contributed by atoms with Crippen molar-refractivity contribution in [2.45, 2.75) is 86.7 Å². The molecule has 0 aliphatic heterocycles. The first-order chi connectivity index (χ1) is 14.2. The van der Waals surface area contributed by atoms with Crippen LogP contribution in [0, 0.1) is 17.8 Å². The predicted molar refractivity (Wildman–Crippen MR) is 109 cm³/mol. The van der Waals surface area contributed by atoms with E-state index in [0.29, 0.717) is 25.2 Å². The molecule has 10 nitrogen and oxygen atoms in total. The fourth-order valence-corrected chi connectivity index (χ4v) is 7.31. The molecule has 0 radical (unpaired) electrons. The van der Waals surface area contributed by atoms with Gasteiger partial charge >= 0.3 is 0 Å². The Bertz CT molecular complexity index is 694. The van der Waals surface area contributed by atoms with Gasteiger partial charge in [-0.2, -0.15) is 18.6 Å². The molecule has 0 saturated heterocycles. The minimum absolute atomic E-state index is 0.0880. The van der Waals surface area contributed by atoms with E-state index in [1.165, 1.54) is 7.11 Å². The van der Waals surface area contributed by atoms with Crippen LogP contribution in [0.5, 0.6) is 0 Å². The van der Waals surface area contributed by atoms with Gasteiger partial charge in [-0.3, -0.25) is 4.55 Å². The summed E-state index contributed by atoms with van der Waals surface area (Å²) in [4.78, 5) is 0. The monoisotopic (exact) mass is 468 g/mol. The van der Waals surface area contributed by atoms with Crippen LogP contribution in [0.1, 0.15) is 51.9 Å². The highest BCUT2D eigenvalue weighted by molar-refractivity contribution is 7.95. The van der Waals surface area contributed by atoms with Crippen molar-refractivity contribution in [1.29, 1.82) is 0 Å². The number of aliphatic hydroxyl groups excluding tert-OH is 1. The number of hydrogen-bond donors (Lipinski definition) is 3. The van der Waals surface area contributed by atoms with E-state index in [-0.39, 0.29) is 41.7 Å². The van der Waals surface area contributed by atoms with E-state index in [1.807, 2.05) is 0 Å². The average molecular weight is 469 g/mol. The van der Waals surface area contributed by atoms with Crippen molar-refractivity contribution in [2.75, 3.05) is 7.11 Å². The first-order valence-corrected chi connectivity index (χ1v) is 12.7. The van der Waals surface area contributed by atoms with E-state index in [4.69, 9.17) is 9.99 Å². The summed E-state index contributed by atoms with van der Waals surface area (Å²) in [6.07, 6.45) is 3.79. The molecule has 9 unspecified atom stereocenters. The first kappa shape index (κ1) is 24.3. The van der Waals surface area contributed by atoms with Crippen molar-refractivity contribution < 1.29 is 37.4 Å². The third-order valence-corrected chi connectivity index (χ3v) is 9.20. The van der Waals surface area contributed by atoms with Gasteiger partial charge in [-0.25, -0.2) is 5.26 Å². The molecule has 9 atom stereocenters. The molecular formula is C18H32N2O8S2. The molecule has 3 N–H and O–H groups in total. The summed E-state index contributed by atoms with van der Waals surface area (Å²) in [5, 5.41) is 30.8. The molecule has 3 fully saturated rings. The van der Waals surface area contributed by atoms with Gasteiger partial charge in [-0.05, 0) is 62.7 Å². The third-order valence-electron chi connectivity index (χ3n) is 6.98. The van der Waals surface area contributed by atoms with Crippen LogP contribution in [-0.2, 0) is 24.2 Å². The van der Waals surface area contributed by atoms with Crippen LogP contribution in [0.2, 0.25) is 0 Å². The summed E-state index contributed by atoms with van der Waals surface area (Å²) < 4.78 is 43.0. The molecule has 0 heterocycles. The van der Waals surface area contributed by atoms with Crippen molar-refractivity contribution in [3.63, 3.8) is 0 Å². The third kappa shape index (κ3) is 5.91. The summed E-state index contributed by atoms with van der Waals surface area (Å²) in [6.45, 7) is 1.79. The lowest BCUT2D eigenvalue weighted by molar-refractivity contribution is -0.432. The van der Waals surface area contributed by atoms with E-state index in [0.717, 1.165) is 31.3 Å². The zero-order valence-electron chi connectivity index (χ0n) is 17.2. The molecular weight excluding hydrogens is 436 g/mol. The van der Waals surface area contributed by atoms with Gasteiger partial charge < -0.3 is 9.84 Å². The zero-order chi connectivity index (χ0) is 21.9. The van der Waals surface area contributed by atoms with Crippen molar-refractivity contribution in [3.8, 4) is 0 Å². The number of rotatable bonds is 7. The van der Waals surface area contributed by atoms with Crippen LogP contribution in [0.3, 0.4) is 0 Å². The second-order valence-corrected chi connectivity index (χ2v) is 11.5. The van der Waals surface area contributed by atoms with E-state index < -0.39 is 21.5 Å². The Kier molecular flexibility index (Phi) is 8.52. The van der Waals surface area contributed by atoms with E-state index >= 15 is 0 Å². The lowest BCUT2D eigenvalue weighted by atomic mass is 9.67. The topological polar surface area (TPSA) is 147 Å². The minimum Gasteiger partial charge on any atom is -0.393 e. The molecule has 3 aliphatic carbocycles. The number of methoxy groups -OCH3 is 1. The number of hydrogen-bond acceptors (Lipinski definition) is 10. The number of azo groups is 1. The minimum atomic E-state index is -4.14. The van der Waals surface area contributed by atoms with E-state index in [9.17, 15) is 18.1 Å². The summed E-state index contributed by atoms with van der Waals surface area (Å²) >= 11 is 1.07. The van der Waals surface area contributed by atoms with Gasteiger partial charge in [-0.15, -0.1) is 4.33 Å². The van der Waals surface area contributed by atoms with Crippen molar-refractivity contribution in [3.05, 3.63) is 0 Å². The zero-order valence-corrected chi connectivity index (χ0v) is 18.9. The maximum atomic E-state index is 11.7. The molecule has 0 aromatic rings. The van der Waals surface area contributed by atoms with Gasteiger partial charge in [-0.1, -0.05) is 12.0 Å². The lowest BCUT2D eigenvalue weighted by Gasteiger charge is -2.43. The molecule has 30 heavy (non-hydrogen) atoms. The smallest absolute Gasteiger partial charge is 0.268 e. The van der Waals surface area contributed by atoms with Gasteiger partial charge in [0.1, 0.15) is 0 Å². The van der Waals surface area contributed by atoms with Crippen LogP contribution in [0.25, 0.3) is 0 Å². The van der Waals surface area contributed by atoms with Gasteiger partial charge in [0.25, 0.3) is 10.1 Å². The van der Waals surface area contributed by atoms with Crippen LogP contribution in [-0.4, -0.2) is 65.2 Å². The molecule has 3 saturated carbocycles. The Balaban J connectivity index is 1.72. The van der Waals surface area contributed by atoms with Gasteiger partial charge in [0.2, 0.25) is 0 Å². The van der Waals surface area contributed by atoms with Crippen molar-refractivity contribution in [1.82, 2.24) is 0 Å². The summed E-state index contributed by atoms with van der Waals surface area (Å²) in [5.74, 6) is 0.347. The molecule has 3 aliphatic rings. The molecule has 0 amide bonds. The molecule has 0 spiro atoms. The highest BCUT2D eigenvalue weighted by atomic mass is 32.2. The Morgan fingerprint density at radius 2 is 1.77 bits per heavy atom.